The number of carbonyl (C=O) groups excluding carboxylic acids is 1. The van der Waals surface area contributed by atoms with Gasteiger partial charge in [-0.25, -0.2) is 0 Å². The number of non-ortho nitro benzene ring substituents is 1. The Morgan fingerprint density at radius 1 is 1.50 bits per heavy atom. The standard InChI is InChI=1S/C13H13N3O4/c1-8(17)7-15-13(18)10-4-5-11(16(19)20)9-3-2-6-14-12(9)10/h2-6,8,17H,7H2,1H3,(H,15,18). The number of rotatable bonds is 4. The van der Waals surface area contributed by atoms with Crippen LogP contribution in [0.3, 0.4) is 0 Å². The molecule has 1 aromatic carbocycles. The summed E-state index contributed by atoms with van der Waals surface area (Å²) in [7, 11) is 0. The van der Waals surface area contributed by atoms with E-state index in [1.54, 1.807) is 19.1 Å². The van der Waals surface area contributed by atoms with Gasteiger partial charge < -0.3 is 10.4 Å². The van der Waals surface area contributed by atoms with Crippen LogP contribution in [-0.2, 0) is 0 Å². The highest BCUT2D eigenvalue weighted by Crippen LogP contribution is 2.26. The molecule has 0 bridgehead atoms. The summed E-state index contributed by atoms with van der Waals surface area (Å²) in [5.41, 5.74) is 0.414. The molecule has 0 saturated heterocycles. The zero-order valence-electron chi connectivity index (χ0n) is 10.7. The van der Waals surface area contributed by atoms with Crippen LogP contribution >= 0.6 is 0 Å². The van der Waals surface area contributed by atoms with Crippen molar-refractivity contribution in [1.82, 2.24) is 10.3 Å². The number of nitrogens with one attached hydrogen (secondary N) is 1. The second kappa shape index (κ2) is 5.62. The molecule has 0 radical (unpaired) electrons. The minimum Gasteiger partial charge on any atom is -0.392 e. The minimum atomic E-state index is -0.670. The molecule has 2 aromatic rings. The van der Waals surface area contributed by atoms with Crippen LogP contribution in [0.15, 0.2) is 30.5 Å². The maximum absolute atomic E-state index is 12.0. The van der Waals surface area contributed by atoms with Gasteiger partial charge in [0.1, 0.15) is 0 Å². The van der Waals surface area contributed by atoms with Crippen molar-refractivity contribution >= 4 is 22.5 Å². The van der Waals surface area contributed by atoms with Crippen LogP contribution in [0.4, 0.5) is 5.69 Å². The van der Waals surface area contributed by atoms with E-state index in [-0.39, 0.29) is 23.3 Å². The summed E-state index contributed by atoms with van der Waals surface area (Å²) in [6, 6.07) is 5.77. The van der Waals surface area contributed by atoms with Gasteiger partial charge in [-0.3, -0.25) is 19.9 Å². The average Bonchev–Trinajstić information content (AvgIpc) is 2.43. The molecule has 104 valence electrons. The lowest BCUT2D eigenvalue weighted by Crippen LogP contribution is -2.30. The number of carbonyl (C=O) groups is 1. The van der Waals surface area contributed by atoms with Crippen LogP contribution in [0.1, 0.15) is 17.3 Å². The Morgan fingerprint density at radius 2 is 2.25 bits per heavy atom. The van der Waals surface area contributed by atoms with Crippen LogP contribution in [0.25, 0.3) is 10.9 Å². The highest BCUT2D eigenvalue weighted by atomic mass is 16.6. The van der Waals surface area contributed by atoms with Crippen molar-refractivity contribution in [2.75, 3.05) is 6.54 Å². The van der Waals surface area contributed by atoms with E-state index < -0.39 is 16.9 Å². The van der Waals surface area contributed by atoms with Gasteiger partial charge in [-0.15, -0.1) is 0 Å². The topological polar surface area (TPSA) is 105 Å². The Kier molecular flexibility index (Phi) is 3.90. The lowest BCUT2D eigenvalue weighted by Gasteiger charge is -2.09. The Morgan fingerprint density at radius 3 is 2.90 bits per heavy atom. The molecule has 0 fully saturated rings. The van der Waals surface area contributed by atoms with E-state index in [9.17, 15) is 14.9 Å². The monoisotopic (exact) mass is 275 g/mol. The molecule has 20 heavy (non-hydrogen) atoms. The molecule has 2 rings (SSSR count). The summed E-state index contributed by atoms with van der Waals surface area (Å²) in [5, 5.41) is 23.0. The van der Waals surface area contributed by atoms with Crippen molar-refractivity contribution in [2.45, 2.75) is 13.0 Å². The van der Waals surface area contributed by atoms with E-state index >= 15 is 0 Å². The molecule has 1 amide bonds. The first-order valence-corrected chi connectivity index (χ1v) is 5.99. The van der Waals surface area contributed by atoms with Crippen molar-refractivity contribution < 1.29 is 14.8 Å². The fraction of sp³-hybridized carbons (Fsp3) is 0.231. The molecule has 7 nitrogen and oxygen atoms in total. The van der Waals surface area contributed by atoms with E-state index in [1.807, 2.05) is 0 Å². The lowest BCUT2D eigenvalue weighted by atomic mass is 10.1. The second-order valence-electron chi connectivity index (χ2n) is 4.35. The molecule has 1 heterocycles. The van der Waals surface area contributed by atoms with Crippen molar-refractivity contribution in [2.24, 2.45) is 0 Å². The summed E-state index contributed by atoms with van der Waals surface area (Å²) in [6.45, 7) is 1.65. The summed E-state index contributed by atoms with van der Waals surface area (Å²) in [5.74, 6) is -0.426. The second-order valence-corrected chi connectivity index (χ2v) is 4.35. The quantitative estimate of drug-likeness (QED) is 0.645. The SMILES string of the molecule is CC(O)CNC(=O)c1ccc([N+](=O)[O-])c2cccnc12. The smallest absolute Gasteiger partial charge is 0.278 e. The van der Waals surface area contributed by atoms with Crippen molar-refractivity contribution in [3.05, 3.63) is 46.1 Å². The number of nitro groups is 1. The Labute approximate surface area is 114 Å². The Hall–Kier alpha value is -2.54. The van der Waals surface area contributed by atoms with E-state index in [0.29, 0.717) is 5.39 Å². The molecule has 2 N–H and O–H groups in total. The predicted octanol–water partition coefficient (Wildman–Crippen LogP) is 1.25. The third-order valence-corrected chi connectivity index (χ3v) is 2.75. The Balaban J connectivity index is 2.48. The molecular formula is C13H13N3O4. The first kappa shape index (κ1) is 13.9. The average molecular weight is 275 g/mol. The number of amides is 1. The van der Waals surface area contributed by atoms with Gasteiger partial charge in [-0.2, -0.15) is 0 Å². The minimum absolute atomic E-state index is 0.0971. The third kappa shape index (κ3) is 2.72. The molecule has 0 aliphatic carbocycles. The fourth-order valence-corrected chi connectivity index (χ4v) is 1.84. The molecule has 7 heteroatoms. The predicted molar refractivity (Wildman–Crippen MR) is 72.4 cm³/mol. The maximum atomic E-state index is 12.0. The number of benzene rings is 1. The number of aromatic nitrogens is 1. The lowest BCUT2D eigenvalue weighted by molar-refractivity contribution is -0.383. The van der Waals surface area contributed by atoms with Gasteiger partial charge in [-0.05, 0) is 25.1 Å². The number of fused-ring (bicyclic) bond motifs is 1. The van der Waals surface area contributed by atoms with Crippen molar-refractivity contribution in [1.29, 1.82) is 0 Å². The van der Waals surface area contributed by atoms with Crippen LogP contribution < -0.4 is 5.32 Å². The van der Waals surface area contributed by atoms with Crippen LogP contribution in [0.2, 0.25) is 0 Å². The summed E-state index contributed by atoms with van der Waals surface area (Å²) < 4.78 is 0. The number of nitrogens with zero attached hydrogens (tertiary/aromatic N) is 2. The number of hydrogen-bond donors (Lipinski definition) is 2. The number of pyridine rings is 1. The molecule has 1 aromatic heterocycles. The highest BCUT2D eigenvalue weighted by molar-refractivity contribution is 6.07. The summed E-state index contributed by atoms with van der Waals surface area (Å²) >= 11 is 0. The van der Waals surface area contributed by atoms with E-state index in [4.69, 9.17) is 5.11 Å². The van der Waals surface area contributed by atoms with E-state index in [2.05, 4.69) is 10.3 Å². The molecule has 0 saturated carbocycles. The fourth-order valence-electron chi connectivity index (χ4n) is 1.84. The van der Waals surface area contributed by atoms with Crippen LogP contribution in [0.5, 0.6) is 0 Å². The van der Waals surface area contributed by atoms with Gasteiger partial charge in [0.05, 0.1) is 27.5 Å². The van der Waals surface area contributed by atoms with E-state index in [1.165, 1.54) is 18.3 Å². The van der Waals surface area contributed by atoms with Gasteiger partial charge in [0.2, 0.25) is 0 Å². The Bertz CT molecular complexity index is 670. The van der Waals surface area contributed by atoms with Crippen molar-refractivity contribution in [3.63, 3.8) is 0 Å². The van der Waals surface area contributed by atoms with Gasteiger partial charge in [0, 0.05) is 18.8 Å². The third-order valence-electron chi connectivity index (χ3n) is 2.75. The molecule has 1 unspecified atom stereocenters. The van der Waals surface area contributed by atoms with Gasteiger partial charge in [0.25, 0.3) is 11.6 Å². The molecular weight excluding hydrogens is 262 g/mol. The van der Waals surface area contributed by atoms with Crippen LogP contribution in [-0.4, -0.2) is 33.6 Å². The van der Waals surface area contributed by atoms with Gasteiger partial charge >= 0.3 is 0 Å². The number of aliphatic hydroxyl groups excluding tert-OH is 1. The molecule has 0 spiro atoms. The van der Waals surface area contributed by atoms with Crippen LogP contribution in [0, 0.1) is 10.1 Å². The molecule has 1 atom stereocenters. The first-order chi connectivity index (χ1) is 9.50. The normalized spacial score (nSPS) is 12.1. The molecule has 0 aliphatic heterocycles. The zero-order valence-corrected chi connectivity index (χ0v) is 10.7. The number of hydrogen-bond acceptors (Lipinski definition) is 5. The zero-order chi connectivity index (χ0) is 14.7. The largest absolute Gasteiger partial charge is 0.392 e. The number of nitro benzene ring substituents is 1. The summed E-state index contributed by atoms with van der Waals surface area (Å²) in [4.78, 5) is 26.5. The van der Waals surface area contributed by atoms with Gasteiger partial charge in [0.15, 0.2) is 0 Å². The summed E-state index contributed by atoms with van der Waals surface area (Å²) in [6.07, 6.45) is 0.800. The van der Waals surface area contributed by atoms with Crippen molar-refractivity contribution in [3.8, 4) is 0 Å². The van der Waals surface area contributed by atoms with Gasteiger partial charge in [-0.1, -0.05) is 0 Å². The highest BCUT2D eigenvalue weighted by Gasteiger charge is 2.18. The van der Waals surface area contributed by atoms with E-state index in [0.717, 1.165) is 0 Å². The first-order valence-electron chi connectivity index (χ1n) is 5.99. The maximum Gasteiger partial charge on any atom is 0.278 e. The molecule has 0 aliphatic rings. The number of aliphatic hydroxyl groups is 1.